The summed E-state index contributed by atoms with van der Waals surface area (Å²) in [7, 11) is 0. The van der Waals surface area contributed by atoms with Crippen molar-refractivity contribution in [3.63, 3.8) is 0 Å². The predicted molar refractivity (Wildman–Crippen MR) is 56.4 cm³/mol. The summed E-state index contributed by atoms with van der Waals surface area (Å²) in [6.07, 6.45) is 1.60. The van der Waals surface area contributed by atoms with Crippen molar-refractivity contribution in [1.82, 2.24) is 4.98 Å². The van der Waals surface area contributed by atoms with Crippen LogP contribution in [0.3, 0.4) is 0 Å². The zero-order chi connectivity index (χ0) is 10.8. The third-order valence-corrected chi connectivity index (χ3v) is 2.63. The molecule has 0 fully saturated rings. The van der Waals surface area contributed by atoms with Gasteiger partial charge in [0.25, 0.3) is 5.69 Å². The van der Waals surface area contributed by atoms with Gasteiger partial charge in [0.2, 0.25) is 0 Å². The first-order chi connectivity index (χ1) is 7.24. The van der Waals surface area contributed by atoms with E-state index in [0.717, 1.165) is 11.8 Å². The average Bonchev–Trinajstić information content (AvgIpc) is 2.62. The molecule has 1 heterocycles. The van der Waals surface area contributed by atoms with Gasteiger partial charge in [0.1, 0.15) is 5.40 Å². The van der Waals surface area contributed by atoms with E-state index in [9.17, 15) is 10.1 Å². The van der Waals surface area contributed by atoms with E-state index < -0.39 is 4.92 Å². The second kappa shape index (κ2) is 3.63. The van der Waals surface area contributed by atoms with E-state index in [4.69, 9.17) is 5.26 Å². The summed E-state index contributed by atoms with van der Waals surface area (Å²) in [5, 5.41) is 21.7. The summed E-state index contributed by atoms with van der Waals surface area (Å²) in [6.45, 7) is 0. The van der Waals surface area contributed by atoms with Gasteiger partial charge >= 0.3 is 0 Å². The van der Waals surface area contributed by atoms with Crippen LogP contribution in [0.1, 0.15) is 0 Å². The van der Waals surface area contributed by atoms with Crippen molar-refractivity contribution in [2.75, 3.05) is 0 Å². The van der Waals surface area contributed by atoms with Crippen LogP contribution in [0.2, 0.25) is 0 Å². The van der Waals surface area contributed by atoms with Crippen LogP contribution in [0.4, 0.5) is 5.69 Å². The van der Waals surface area contributed by atoms with Gasteiger partial charge in [0.05, 0.1) is 20.7 Å². The first kappa shape index (κ1) is 9.55. The van der Waals surface area contributed by atoms with E-state index in [1.54, 1.807) is 18.3 Å². The molecule has 74 valence electrons. The predicted octanol–water partition coefficient (Wildman–Crippen LogP) is 2.65. The number of aromatic amines is 1. The maximum Gasteiger partial charge on any atom is 0.279 e. The van der Waals surface area contributed by atoms with Gasteiger partial charge in [-0.05, 0) is 17.8 Å². The summed E-state index contributed by atoms with van der Waals surface area (Å²) in [5.41, 5.74) is 0.688. The molecule has 0 bridgehead atoms. The van der Waals surface area contributed by atoms with Crippen molar-refractivity contribution in [3.8, 4) is 5.40 Å². The fourth-order valence-corrected chi connectivity index (χ4v) is 1.95. The van der Waals surface area contributed by atoms with E-state index in [1.165, 1.54) is 6.07 Å². The van der Waals surface area contributed by atoms with Gasteiger partial charge < -0.3 is 4.98 Å². The Hall–Kier alpha value is -2.00. The van der Waals surface area contributed by atoms with Gasteiger partial charge in [0.15, 0.2) is 0 Å². The summed E-state index contributed by atoms with van der Waals surface area (Å²) >= 11 is 0.913. The molecule has 0 atom stereocenters. The molecule has 1 N–H and O–H groups in total. The molecule has 0 saturated heterocycles. The number of benzene rings is 1. The highest BCUT2D eigenvalue weighted by Crippen LogP contribution is 2.33. The molecule has 0 spiro atoms. The molecule has 2 aromatic rings. The van der Waals surface area contributed by atoms with Gasteiger partial charge in [-0.1, -0.05) is 6.07 Å². The minimum absolute atomic E-state index is 0.0199. The lowest BCUT2D eigenvalue weighted by Crippen LogP contribution is -1.88. The van der Waals surface area contributed by atoms with E-state index in [1.807, 2.05) is 5.40 Å². The number of thiocyanates is 1. The Morgan fingerprint density at radius 1 is 1.53 bits per heavy atom. The molecule has 5 nitrogen and oxygen atoms in total. The number of hydrogen-bond donors (Lipinski definition) is 1. The maximum atomic E-state index is 10.8. The van der Waals surface area contributed by atoms with Crippen molar-refractivity contribution in [1.29, 1.82) is 5.26 Å². The van der Waals surface area contributed by atoms with Crippen LogP contribution in [0.15, 0.2) is 29.3 Å². The molecule has 0 amide bonds. The second-order valence-electron chi connectivity index (χ2n) is 2.80. The van der Waals surface area contributed by atoms with Crippen LogP contribution in [0, 0.1) is 20.8 Å². The number of H-pyrrole nitrogens is 1. The highest BCUT2D eigenvalue weighted by Gasteiger charge is 2.16. The van der Waals surface area contributed by atoms with Crippen LogP contribution >= 0.6 is 11.8 Å². The van der Waals surface area contributed by atoms with Crippen LogP contribution < -0.4 is 0 Å². The number of rotatable bonds is 2. The van der Waals surface area contributed by atoms with E-state index >= 15 is 0 Å². The Labute approximate surface area is 88.9 Å². The number of nitro benzene ring substituents is 1. The smallest absolute Gasteiger partial charge is 0.279 e. The maximum absolute atomic E-state index is 10.8. The van der Waals surface area contributed by atoms with Crippen molar-refractivity contribution >= 4 is 28.4 Å². The first-order valence-corrected chi connectivity index (χ1v) is 4.86. The molecule has 0 aliphatic carbocycles. The highest BCUT2D eigenvalue weighted by atomic mass is 32.2. The summed E-state index contributed by atoms with van der Waals surface area (Å²) < 4.78 is 0. The quantitative estimate of drug-likeness (QED) is 0.364. The van der Waals surface area contributed by atoms with Gasteiger partial charge in [-0.2, -0.15) is 5.26 Å². The van der Waals surface area contributed by atoms with E-state index in [-0.39, 0.29) is 5.69 Å². The first-order valence-electron chi connectivity index (χ1n) is 4.04. The molecule has 0 radical (unpaired) electrons. The molecule has 0 saturated carbocycles. The van der Waals surface area contributed by atoms with Crippen LogP contribution in [0.25, 0.3) is 10.9 Å². The summed E-state index contributed by atoms with van der Waals surface area (Å²) in [5.74, 6) is 0. The third kappa shape index (κ3) is 1.53. The minimum atomic E-state index is -0.447. The van der Waals surface area contributed by atoms with Gasteiger partial charge in [-0.25, -0.2) is 0 Å². The molecule has 1 aromatic heterocycles. The molecule has 0 unspecified atom stereocenters. The SMILES string of the molecule is N#CSc1c[nH]c2cccc([N+](=O)[O-])c12. The Morgan fingerprint density at radius 2 is 2.33 bits per heavy atom. The number of nitrogens with zero attached hydrogens (tertiary/aromatic N) is 2. The second-order valence-corrected chi connectivity index (χ2v) is 3.63. The molecule has 6 heteroatoms. The van der Waals surface area contributed by atoms with Crippen LogP contribution in [-0.4, -0.2) is 9.91 Å². The zero-order valence-electron chi connectivity index (χ0n) is 7.43. The molecular weight excluding hydrogens is 214 g/mol. The molecule has 2 rings (SSSR count). The topological polar surface area (TPSA) is 82.7 Å². The van der Waals surface area contributed by atoms with E-state index in [2.05, 4.69) is 4.98 Å². The lowest BCUT2D eigenvalue weighted by Gasteiger charge is -1.94. The number of nitro groups is 1. The molecule has 0 aliphatic rings. The standard InChI is InChI=1S/C9H5N3O2S/c10-5-15-8-4-11-6-2-1-3-7(9(6)8)12(13)14/h1-4,11H. The third-order valence-electron chi connectivity index (χ3n) is 2.00. The van der Waals surface area contributed by atoms with Gasteiger partial charge in [-0.15, -0.1) is 0 Å². The number of hydrogen-bond acceptors (Lipinski definition) is 4. The fraction of sp³-hybridized carbons (Fsp3) is 0. The number of thioether (sulfide) groups is 1. The van der Waals surface area contributed by atoms with Crippen molar-refractivity contribution in [2.24, 2.45) is 0 Å². The Morgan fingerprint density at radius 3 is 3.00 bits per heavy atom. The minimum Gasteiger partial charge on any atom is -0.360 e. The normalized spacial score (nSPS) is 10.1. The number of nitriles is 1. The Balaban J connectivity index is 2.76. The lowest BCUT2D eigenvalue weighted by atomic mass is 10.2. The van der Waals surface area contributed by atoms with Gasteiger partial charge in [0, 0.05) is 12.3 Å². The van der Waals surface area contributed by atoms with Crippen LogP contribution in [-0.2, 0) is 0 Å². The lowest BCUT2D eigenvalue weighted by molar-refractivity contribution is -0.383. The number of aromatic nitrogens is 1. The highest BCUT2D eigenvalue weighted by molar-refractivity contribution is 8.04. The molecular formula is C9H5N3O2S. The number of nitrogens with one attached hydrogen (secondary N) is 1. The van der Waals surface area contributed by atoms with Gasteiger partial charge in [-0.3, -0.25) is 10.1 Å². The average molecular weight is 219 g/mol. The van der Waals surface area contributed by atoms with Crippen molar-refractivity contribution in [3.05, 3.63) is 34.5 Å². The molecule has 1 aromatic carbocycles. The monoisotopic (exact) mass is 219 g/mol. The fourth-order valence-electron chi connectivity index (χ4n) is 1.42. The van der Waals surface area contributed by atoms with Crippen molar-refractivity contribution in [2.45, 2.75) is 4.90 Å². The van der Waals surface area contributed by atoms with Crippen LogP contribution in [0.5, 0.6) is 0 Å². The Kier molecular flexibility index (Phi) is 2.31. The number of fused-ring (bicyclic) bond motifs is 1. The Bertz CT molecular complexity index is 570. The van der Waals surface area contributed by atoms with E-state index in [0.29, 0.717) is 15.8 Å². The zero-order valence-corrected chi connectivity index (χ0v) is 8.25. The number of non-ortho nitro benzene ring substituents is 1. The summed E-state index contributed by atoms with van der Waals surface area (Å²) in [6, 6.07) is 4.78. The molecule has 15 heavy (non-hydrogen) atoms. The van der Waals surface area contributed by atoms with Crippen molar-refractivity contribution < 1.29 is 4.92 Å². The molecule has 0 aliphatic heterocycles. The summed E-state index contributed by atoms with van der Waals surface area (Å²) in [4.78, 5) is 13.8. The largest absolute Gasteiger partial charge is 0.360 e.